The largest absolute Gasteiger partial charge is 0.457 e. The number of aliphatic hydroxyl groups excluding tert-OH is 1. The van der Waals surface area contributed by atoms with Gasteiger partial charge in [-0.1, -0.05) is 37.7 Å². The van der Waals surface area contributed by atoms with Gasteiger partial charge in [0, 0.05) is 21.6 Å². The van der Waals surface area contributed by atoms with E-state index < -0.39 is 35.7 Å². The standard InChI is InChI=1S/C27H31FO5S/c1-15-10-20-19-6-5-16-11-17(29)7-8-26(16,2)23(19)21(30)13-27(20,12-18(34)14-28)24(15)33-25(31)22-4-3-9-32-22/h3-4,7-9,11,15,19-21,23-24,30H,5-6,10,12-14H2,1-2H3/t15?,19-,20-,21?,23+,24?,26-,27-/m0/s1. The van der Waals surface area contributed by atoms with Gasteiger partial charge in [-0.2, -0.15) is 0 Å². The number of rotatable bonds is 5. The predicted molar refractivity (Wildman–Crippen MR) is 128 cm³/mol. The number of aliphatic hydroxyl groups is 1. The van der Waals surface area contributed by atoms with E-state index in [9.17, 15) is 19.1 Å². The summed E-state index contributed by atoms with van der Waals surface area (Å²) in [6, 6.07) is 3.20. The van der Waals surface area contributed by atoms with E-state index in [2.05, 4.69) is 13.8 Å². The Morgan fingerprint density at radius 3 is 2.91 bits per heavy atom. The number of carbonyl (C=O) groups is 2. The fraction of sp³-hybridized carbons (Fsp3) is 0.593. The smallest absolute Gasteiger partial charge is 0.374 e. The number of furan rings is 1. The zero-order valence-corrected chi connectivity index (χ0v) is 20.4. The molecule has 0 amide bonds. The minimum atomic E-state index is -0.712. The summed E-state index contributed by atoms with van der Waals surface area (Å²) in [7, 11) is 0. The average molecular weight is 487 g/mol. The molecule has 34 heavy (non-hydrogen) atoms. The molecule has 1 N–H and O–H groups in total. The lowest BCUT2D eigenvalue weighted by Gasteiger charge is -2.59. The van der Waals surface area contributed by atoms with Gasteiger partial charge in [-0.3, -0.25) is 4.79 Å². The Morgan fingerprint density at radius 2 is 2.21 bits per heavy atom. The van der Waals surface area contributed by atoms with E-state index in [1.807, 2.05) is 6.08 Å². The van der Waals surface area contributed by atoms with Crippen LogP contribution in [0.25, 0.3) is 0 Å². The third-order valence-corrected chi connectivity index (χ3v) is 9.36. The summed E-state index contributed by atoms with van der Waals surface area (Å²) in [5.41, 5.74) is 0.0609. The highest BCUT2D eigenvalue weighted by Crippen LogP contribution is 2.67. The lowest BCUT2D eigenvalue weighted by Crippen LogP contribution is -2.58. The molecule has 1 aromatic rings. The molecular formula is C27H31FO5S. The summed E-state index contributed by atoms with van der Waals surface area (Å²) >= 11 is 5.38. The van der Waals surface area contributed by atoms with E-state index in [0.29, 0.717) is 17.7 Å². The number of allylic oxidation sites excluding steroid dienone is 4. The number of hydrogen-bond acceptors (Lipinski definition) is 6. The Bertz CT molecular complexity index is 1060. The van der Waals surface area contributed by atoms with E-state index in [0.717, 1.165) is 24.8 Å². The SMILES string of the molecule is CC1C[C@H]2[C@@H]3CCC4=CC(=O)C=C[C@]4(C)[C@H]3C(O)C[C@]2(CC(=S)CF)C1OC(=O)c1ccco1. The highest BCUT2D eigenvalue weighted by Gasteiger charge is 2.66. The Hall–Kier alpha value is -2.12. The van der Waals surface area contributed by atoms with Gasteiger partial charge in [0.05, 0.1) is 12.4 Å². The molecule has 1 aromatic heterocycles. The van der Waals surface area contributed by atoms with Gasteiger partial charge in [0.2, 0.25) is 5.76 Å². The fourth-order valence-corrected chi connectivity index (χ4v) is 8.20. The minimum absolute atomic E-state index is 0.00161. The average Bonchev–Trinajstić information content (AvgIpc) is 3.42. The van der Waals surface area contributed by atoms with Crippen molar-refractivity contribution in [3.63, 3.8) is 0 Å². The lowest BCUT2D eigenvalue weighted by molar-refractivity contribution is -0.137. The predicted octanol–water partition coefficient (Wildman–Crippen LogP) is 5.04. The molecule has 5 nitrogen and oxygen atoms in total. The molecule has 3 saturated carbocycles. The maximum Gasteiger partial charge on any atom is 0.374 e. The Labute approximate surface area is 204 Å². The van der Waals surface area contributed by atoms with Crippen LogP contribution in [0.2, 0.25) is 0 Å². The van der Waals surface area contributed by atoms with Gasteiger partial charge < -0.3 is 14.3 Å². The molecule has 0 radical (unpaired) electrons. The van der Waals surface area contributed by atoms with Crippen LogP contribution < -0.4 is 0 Å². The second kappa shape index (κ2) is 8.52. The molecule has 0 bridgehead atoms. The van der Waals surface area contributed by atoms with Crippen LogP contribution in [0.5, 0.6) is 0 Å². The van der Waals surface area contributed by atoms with Crippen molar-refractivity contribution in [3.8, 4) is 0 Å². The van der Waals surface area contributed by atoms with E-state index in [1.165, 1.54) is 6.26 Å². The number of esters is 1. The summed E-state index contributed by atoms with van der Waals surface area (Å²) in [6.07, 6.45) is 8.68. The quantitative estimate of drug-likeness (QED) is 0.464. The minimum Gasteiger partial charge on any atom is -0.457 e. The monoisotopic (exact) mass is 486 g/mol. The second-order valence-electron chi connectivity index (χ2n) is 10.9. The summed E-state index contributed by atoms with van der Waals surface area (Å²) in [6.45, 7) is 3.47. The van der Waals surface area contributed by atoms with Crippen LogP contribution >= 0.6 is 12.2 Å². The molecule has 0 aliphatic heterocycles. The van der Waals surface area contributed by atoms with Crippen LogP contribution in [0.15, 0.2) is 46.6 Å². The summed E-state index contributed by atoms with van der Waals surface area (Å²) in [5.74, 6) is -0.159. The molecule has 5 rings (SSSR count). The Morgan fingerprint density at radius 1 is 1.41 bits per heavy atom. The van der Waals surface area contributed by atoms with Crippen molar-refractivity contribution < 1.29 is 28.2 Å². The number of carbonyl (C=O) groups excluding carboxylic acids is 2. The maximum atomic E-state index is 13.7. The van der Waals surface area contributed by atoms with E-state index in [4.69, 9.17) is 21.4 Å². The van der Waals surface area contributed by atoms with Crippen LogP contribution in [0.3, 0.4) is 0 Å². The van der Waals surface area contributed by atoms with Crippen molar-refractivity contribution in [1.82, 2.24) is 0 Å². The molecule has 182 valence electrons. The number of halogens is 1. The third-order valence-electron chi connectivity index (χ3n) is 9.10. The topological polar surface area (TPSA) is 76.7 Å². The first-order valence-electron chi connectivity index (χ1n) is 12.1. The number of fused-ring (bicyclic) bond motifs is 5. The number of ether oxygens (including phenoxy) is 1. The third kappa shape index (κ3) is 3.54. The zero-order valence-electron chi connectivity index (χ0n) is 19.5. The fourth-order valence-electron chi connectivity index (χ4n) is 7.93. The molecule has 0 saturated heterocycles. The number of hydrogen-bond donors (Lipinski definition) is 1. The first-order chi connectivity index (χ1) is 16.2. The highest BCUT2D eigenvalue weighted by atomic mass is 32.1. The van der Waals surface area contributed by atoms with Crippen LogP contribution in [0, 0.1) is 34.5 Å². The van der Waals surface area contributed by atoms with Gasteiger partial charge in [-0.25, -0.2) is 9.18 Å². The summed E-state index contributed by atoms with van der Waals surface area (Å²) in [4.78, 5) is 25.2. The Kier molecular flexibility index (Phi) is 5.92. The highest BCUT2D eigenvalue weighted by molar-refractivity contribution is 7.80. The van der Waals surface area contributed by atoms with Gasteiger partial charge in [-0.15, -0.1) is 0 Å². The van der Waals surface area contributed by atoms with Crippen molar-refractivity contribution in [2.45, 2.75) is 58.2 Å². The van der Waals surface area contributed by atoms with Gasteiger partial charge in [0.1, 0.15) is 12.8 Å². The van der Waals surface area contributed by atoms with Gasteiger partial charge in [0.25, 0.3) is 0 Å². The summed E-state index contributed by atoms with van der Waals surface area (Å²) < 4.78 is 25.0. The van der Waals surface area contributed by atoms with Crippen molar-refractivity contribution in [1.29, 1.82) is 0 Å². The normalized spacial score (nSPS) is 40.7. The van der Waals surface area contributed by atoms with E-state index >= 15 is 0 Å². The van der Waals surface area contributed by atoms with Crippen LogP contribution in [0.4, 0.5) is 4.39 Å². The van der Waals surface area contributed by atoms with Crippen LogP contribution in [-0.4, -0.2) is 40.6 Å². The molecule has 3 unspecified atom stereocenters. The molecule has 1 heterocycles. The molecule has 4 aliphatic rings. The maximum absolute atomic E-state index is 13.7. The molecule has 7 heteroatoms. The molecular weight excluding hydrogens is 455 g/mol. The van der Waals surface area contributed by atoms with Crippen molar-refractivity contribution in [2.24, 2.45) is 34.5 Å². The van der Waals surface area contributed by atoms with Gasteiger partial charge >= 0.3 is 5.97 Å². The van der Waals surface area contributed by atoms with Crippen LogP contribution in [0.1, 0.15) is 56.5 Å². The lowest BCUT2D eigenvalue weighted by atomic mass is 9.46. The number of ketones is 1. The first kappa shape index (κ1) is 23.6. The van der Waals surface area contributed by atoms with Gasteiger partial charge in [0.15, 0.2) is 5.78 Å². The molecule has 3 fully saturated rings. The van der Waals surface area contributed by atoms with E-state index in [1.54, 1.807) is 24.3 Å². The van der Waals surface area contributed by atoms with Crippen molar-refractivity contribution >= 4 is 28.8 Å². The first-order valence-corrected chi connectivity index (χ1v) is 12.5. The number of thiocarbonyl (C=S) groups is 1. The molecule has 0 aromatic carbocycles. The molecule has 8 atom stereocenters. The van der Waals surface area contributed by atoms with Crippen molar-refractivity contribution in [2.75, 3.05) is 6.67 Å². The molecule has 0 spiro atoms. The Balaban J connectivity index is 1.53. The van der Waals surface area contributed by atoms with E-state index in [-0.39, 0.29) is 35.2 Å². The second-order valence-corrected chi connectivity index (χ2v) is 11.5. The number of alkyl halides is 1. The van der Waals surface area contributed by atoms with Crippen LogP contribution in [-0.2, 0) is 9.53 Å². The van der Waals surface area contributed by atoms with Gasteiger partial charge in [-0.05, 0) is 74.1 Å². The van der Waals surface area contributed by atoms with Crippen molar-refractivity contribution in [3.05, 3.63) is 48.0 Å². The molecule has 4 aliphatic carbocycles. The summed E-state index contributed by atoms with van der Waals surface area (Å²) in [5, 5.41) is 11.7. The zero-order chi connectivity index (χ0) is 24.3.